The second kappa shape index (κ2) is 9.21. The van der Waals surface area contributed by atoms with Gasteiger partial charge in [-0.3, -0.25) is 0 Å². The van der Waals surface area contributed by atoms with Gasteiger partial charge in [-0.25, -0.2) is 0 Å². The van der Waals surface area contributed by atoms with Crippen LogP contribution in [0.4, 0.5) is 0 Å². The van der Waals surface area contributed by atoms with E-state index in [-0.39, 0.29) is 0 Å². The van der Waals surface area contributed by atoms with E-state index >= 15 is 0 Å². The van der Waals surface area contributed by atoms with Crippen molar-refractivity contribution < 1.29 is 9.47 Å². The Bertz CT molecular complexity index is 411. The normalized spacial score (nSPS) is 10.9. The van der Waals surface area contributed by atoms with E-state index in [1.165, 1.54) is 5.56 Å². The first-order valence-corrected chi connectivity index (χ1v) is 7.75. The second-order valence-electron chi connectivity index (χ2n) is 4.87. The van der Waals surface area contributed by atoms with Gasteiger partial charge in [-0.1, -0.05) is 0 Å². The molecular weight excluding hydrogens is 320 g/mol. The first-order chi connectivity index (χ1) is 9.58. The Morgan fingerprint density at radius 2 is 2.00 bits per heavy atom. The first-order valence-electron chi connectivity index (χ1n) is 6.95. The molecule has 0 aromatic heterocycles. The second-order valence-corrected chi connectivity index (χ2v) is 5.73. The Labute approximate surface area is 130 Å². The first kappa shape index (κ1) is 17.3. The predicted molar refractivity (Wildman–Crippen MR) is 86.7 cm³/mol. The number of halogens is 1. The number of hydrogen-bond acceptors (Lipinski definition) is 4. The van der Waals surface area contributed by atoms with Crippen molar-refractivity contribution >= 4 is 15.9 Å². The van der Waals surface area contributed by atoms with Gasteiger partial charge in [0.2, 0.25) is 0 Å². The highest BCUT2D eigenvalue weighted by molar-refractivity contribution is 9.10. The number of rotatable bonds is 9. The lowest BCUT2D eigenvalue weighted by atomic mass is 10.2. The summed E-state index contributed by atoms with van der Waals surface area (Å²) in [6, 6.07) is 4.10. The number of hydrogen-bond donors (Lipinski definition) is 1. The summed E-state index contributed by atoms with van der Waals surface area (Å²) in [7, 11) is 6.06. The van der Waals surface area contributed by atoms with Gasteiger partial charge in [0.15, 0.2) is 11.5 Å². The largest absolute Gasteiger partial charge is 0.490 e. The maximum absolute atomic E-state index is 5.89. The van der Waals surface area contributed by atoms with E-state index in [2.05, 4.69) is 46.3 Å². The van der Waals surface area contributed by atoms with Crippen LogP contribution < -0.4 is 14.8 Å². The smallest absolute Gasteiger partial charge is 0.175 e. The minimum Gasteiger partial charge on any atom is -0.490 e. The molecule has 1 aromatic rings. The third-order valence-electron chi connectivity index (χ3n) is 2.75. The van der Waals surface area contributed by atoms with Crippen LogP contribution in [-0.2, 0) is 6.54 Å². The van der Waals surface area contributed by atoms with Crippen LogP contribution in [0.1, 0.15) is 18.9 Å². The molecule has 1 rings (SSSR count). The highest BCUT2D eigenvalue weighted by Gasteiger charge is 2.12. The van der Waals surface area contributed by atoms with Crippen molar-refractivity contribution in [2.45, 2.75) is 19.9 Å². The van der Waals surface area contributed by atoms with E-state index in [4.69, 9.17) is 9.47 Å². The summed E-state index contributed by atoms with van der Waals surface area (Å²) < 4.78 is 12.5. The molecular formula is C15H25BrN2O2. The fourth-order valence-corrected chi connectivity index (χ4v) is 2.49. The molecule has 1 aromatic carbocycles. The predicted octanol–water partition coefficient (Wildman–Crippen LogP) is 2.90. The van der Waals surface area contributed by atoms with Gasteiger partial charge in [-0.15, -0.1) is 0 Å². The summed E-state index contributed by atoms with van der Waals surface area (Å²) in [5.41, 5.74) is 1.17. The molecule has 20 heavy (non-hydrogen) atoms. The molecule has 0 atom stereocenters. The van der Waals surface area contributed by atoms with E-state index in [0.717, 1.165) is 35.5 Å². The standard InChI is InChI=1S/C15H25BrN2O2/c1-5-19-14-10-12(11-17-2)9-13(16)15(14)20-8-6-7-18(3)4/h9-10,17H,5-8,11H2,1-4H3. The molecule has 0 radical (unpaired) electrons. The molecule has 0 aliphatic rings. The minimum absolute atomic E-state index is 0.628. The van der Waals surface area contributed by atoms with Gasteiger partial charge in [0.25, 0.3) is 0 Å². The molecule has 5 heteroatoms. The third kappa shape index (κ3) is 5.69. The molecule has 4 nitrogen and oxygen atoms in total. The summed E-state index contributed by atoms with van der Waals surface area (Å²) in [5, 5.41) is 3.14. The Hall–Kier alpha value is -0.780. The lowest BCUT2D eigenvalue weighted by Crippen LogP contribution is -2.16. The van der Waals surface area contributed by atoms with Crippen molar-refractivity contribution in [1.29, 1.82) is 0 Å². The quantitative estimate of drug-likeness (QED) is 0.698. The molecule has 0 bridgehead atoms. The van der Waals surface area contributed by atoms with Gasteiger partial charge in [-0.2, -0.15) is 0 Å². The molecule has 0 saturated heterocycles. The fraction of sp³-hybridized carbons (Fsp3) is 0.600. The summed E-state index contributed by atoms with van der Waals surface area (Å²) in [6.07, 6.45) is 0.989. The maximum Gasteiger partial charge on any atom is 0.175 e. The van der Waals surface area contributed by atoms with Gasteiger partial charge in [-0.05, 0) is 68.1 Å². The molecule has 0 aliphatic heterocycles. The number of ether oxygens (including phenoxy) is 2. The van der Waals surface area contributed by atoms with Crippen molar-refractivity contribution in [2.24, 2.45) is 0 Å². The Morgan fingerprint density at radius 1 is 1.25 bits per heavy atom. The van der Waals surface area contributed by atoms with Gasteiger partial charge in [0, 0.05) is 13.1 Å². The van der Waals surface area contributed by atoms with Crippen LogP contribution in [0.25, 0.3) is 0 Å². The van der Waals surface area contributed by atoms with Crippen LogP contribution >= 0.6 is 15.9 Å². The average Bonchev–Trinajstić information content (AvgIpc) is 2.37. The summed E-state index contributed by atoms with van der Waals surface area (Å²) in [5.74, 6) is 1.60. The van der Waals surface area contributed by atoms with Crippen molar-refractivity contribution in [2.75, 3.05) is 40.9 Å². The lowest BCUT2D eigenvalue weighted by Gasteiger charge is -2.16. The van der Waals surface area contributed by atoms with E-state index in [1.54, 1.807) is 0 Å². The SMILES string of the molecule is CCOc1cc(CNC)cc(Br)c1OCCCN(C)C. The van der Waals surface area contributed by atoms with Gasteiger partial charge in [0.05, 0.1) is 17.7 Å². The molecule has 0 aliphatic carbocycles. The summed E-state index contributed by atoms with van der Waals surface area (Å²) >= 11 is 3.58. The topological polar surface area (TPSA) is 33.7 Å². The van der Waals surface area contributed by atoms with Crippen LogP contribution in [0.3, 0.4) is 0 Å². The van der Waals surface area contributed by atoms with E-state index < -0.39 is 0 Å². The maximum atomic E-state index is 5.89. The van der Waals surface area contributed by atoms with Crippen LogP contribution in [0, 0.1) is 0 Å². The Balaban J connectivity index is 2.76. The molecule has 0 amide bonds. The fourth-order valence-electron chi connectivity index (χ4n) is 1.89. The van der Waals surface area contributed by atoms with Crippen LogP contribution in [0.15, 0.2) is 16.6 Å². The number of nitrogens with zero attached hydrogens (tertiary/aromatic N) is 1. The third-order valence-corrected chi connectivity index (χ3v) is 3.34. The molecule has 0 saturated carbocycles. The van der Waals surface area contributed by atoms with Crippen LogP contribution in [0.5, 0.6) is 11.5 Å². The monoisotopic (exact) mass is 344 g/mol. The highest BCUT2D eigenvalue weighted by atomic mass is 79.9. The van der Waals surface area contributed by atoms with Gasteiger partial charge < -0.3 is 19.7 Å². The van der Waals surface area contributed by atoms with E-state index in [0.29, 0.717) is 13.2 Å². The Morgan fingerprint density at radius 3 is 2.60 bits per heavy atom. The van der Waals surface area contributed by atoms with Crippen molar-refractivity contribution in [3.05, 3.63) is 22.2 Å². The van der Waals surface area contributed by atoms with Gasteiger partial charge in [0.1, 0.15) is 0 Å². The Kier molecular flexibility index (Phi) is 7.95. The van der Waals surface area contributed by atoms with Crippen LogP contribution in [-0.4, -0.2) is 45.8 Å². The lowest BCUT2D eigenvalue weighted by molar-refractivity contribution is 0.257. The van der Waals surface area contributed by atoms with Gasteiger partial charge >= 0.3 is 0 Å². The summed E-state index contributed by atoms with van der Waals surface area (Å²) in [4.78, 5) is 2.15. The number of nitrogens with one attached hydrogen (secondary N) is 1. The molecule has 1 N–H and O–H groups in total. The molecule has 0 heterocycles. The molecule has 0 spiro atoms. The van der Waals surface area contributed by atoms with Crippen molar-refractivity contribution in [3.63, 3.8) is 0 Å². The molecule has 0 fully saturated rings. The van der Waals surface area contributed by atoms with E-state index in [1.807, 2.05) is 20.0 Å². The van der Waals surface area contributed by atoms with Crippen molar-refractivity contribution in [1.82, 2.24) is 10.2 Å². The zero-order valence-electron chi connectivity index (χ0n) is 12.8. The van der Waals surface area contributed by atoms with Crippen molar-refractivity contribution in [3.8, 4) is 11.5 Å². The summed E-state index contributed by atoms with van der Waals surface area (Å²) in [6.45, 7) is 5.11. The van der Waals surface area contributed by atoms with Crippen LogP contribution in [0.2, 0.25) is 0 Å². The zero-order valence-corrected chi connectivity index (χ0v) is 14.4. The number of benzene rings is 1. The van der Waals surface area contributed by atoms with E-state index in [9.17, 15) is 0 Å². The zero-order chi connectivity index (χ0) is 15.0. The molecule has 0 unspecified atom stereocenters. The molecule has 114 valence electrons. The minimum atomic E-state index is 0.628. The highest BCUT2D eigenvalue weighted by Crippen LogP contribution is 2.37. The average molecular weight is 345 g/mol.